The lowest BCUT2D eigenvalue weighted by Gasteiger charge is -2.24. The summed E-state index contributed by atoms with van der Waals surface area (Å²) < 4.78 is 4.72. The molecule has 2 aromatic rings. The molecule has 1 heterocycles. The van der Waals surface area contributed by atoms with Crippen molar-refractivity contribution in [2.75, 3.05) is 32.1 Å². The minimum atomic E-state index is -0.334. The van der Waals surface area contributed by atoms with Crippen molar-refractivity contribution in [2.24, 2.45) is 4.99 Å². The van der Waals surface area contributed by atoms with Crippen molar-refractivity contribution in [1.82, 2.24) is 10.6 Å². The van der Waals surface area contributed by atoms with Gasteiger partial charge in [0.2, 0.25) is 5.91 Å². The van der Waals surface area contributed by atoms with Gasteiger partial charge in [0.05, 0.1) is 19.2 Å². The fourth-order valence-electron chi connectivity index (χ4n) is 3.46. The molecule has 0 saturated heterocycles. The number of para-hydroxylation sites is 1. The molecule has 0 aliphatic carbocycles. The highest BCUT2D eigenvalue weighted by Crippen LogP contribution is 2.31. The number of hydrogen-bond acceptors (Lipinski definition) is 4. The molecule has 1 aliphatic heterocycles. The molecule has 1 atom stereocenters. The normalized spacial score (nSPS) is 15.7. The number of nitrogens with one attached hydrogen (secondary N) is 3. The first-order chi connectivity index (χ1) is 14.6. The highest BCUT2D eigenvalue weighted by molar-refractivity contribution is 5.94. The molecule has 3 N–H and O–H groups in total. The van der Waals surface area contributed by atoms with Crippen molar-refractivity contribution in [3.8, 4) is 0 Å². The maximum absolute atomic E-state index is 12.0. The molecule has 0 saturated carbocycles. The third kappa shape index (κ3) is 5.59. The SMILES string of the molecule is CCNC(=NCC1CC(=O)Nc2ccccc21)NCCc1ccc(C(=O)OC)cc1. The summed E-state index contributed by atoms with van der Waals surface area (Å²) in [5.74, 6) is 0.491. The largest absolute Gasteiger partial charge is 0.465 e. The lowest BCUT2D eigenvalue weighted by atomic mass is 9.91. The second-order valence-corrected chi connectivity index (χ2v) is 7.12. The van der Waals surface area contributed by atoms with Crippen molar-refractivity contribution < 1.29 is 14.3 Å². The number of rotatable bonds is 7. The van der Waals surface area contributed by atoms with Crippen LogP contribution in [0, 0.1) is 0 Å². The number of aliphatic imine (C=N–C) groups is 1. The number of methoxy groups -OCH3 is 1. The minimum absolute atomic E-state index is 0.0299. The van der Waals surface area contributed by atoms with Crippen LogP contribution in [-0.4, -0.2) is 44.6 Å². The Balaban J connectivity index is 1.57. The number of fused-ring (bicyclic) bond motifs is 1. The number of carbonyl (C=O) groups is 2. The topological polar surface area (TPSA) is 91.8 Å². The third-order valence-corrected chi connectivity index (χ3v) is 5.00. The van der Waals surface area contributed by atoms with Gasteiger partial charge in [-0.15, -0.1) is 0 Å². The van der Waals surface area contributed by atoms with Crippen LogP contribution in [0.15, 0.2) is 53.5 Å². The molecule has 1 aliphatic rings. The Hall–Kier alpha value is -3.35. The molecule has 1 unspecified atom stereocenters. The van der Waals surface area contributed by atoms with E-state index in [0.29, 0.717) is 25.1 Å². The van der Waals surface area contributed by atoms with E-state index in [4.69, 9.17) is 9.73 Å². The summed E-state index contributed by atoms with van der Waals surface area (Å²) in [6, 6.07) is 15.3. The van der Waals surface area contributed by atoms with Gasteiger partial charge in [0.1, 0.15) is 0 Å². The smallest absolute Gasteiger partial charge is 0.337 e. The molecular weight excluding hydrogens is 380 g/mol. The van der Waals surface area contributed by atoms with Crippen LogP contribution < -0.4 is 16.0 Å². The maximum Gasteiger partial charge on any atom is 0.337 e. The van der Waals surface area contributed by atoms with Gasteiger partial charge in [0, 0.05) is 31.1 Å². The van der Waals surface area contributed by atoms with Gasteiger partial charge in [-0.1, -0.05) is 30.3 Å². The number of hydrogen-bond donors (Lipinski definition) is 3. The lowest BCUT2D eigenvalue weighted by Crippen LogP contribution is -2.38. The molecule has 30 heavy (non-hydrogen) atoms. The predicted molar refractivity (Wildman–Crippen MR) is 118 cm³/mol. The van der Waals surface area contributed by atoms with Gasteiger partial charge in [0.15, 0.2) is 5.96 Å². The Morgan fingerprint density at radius 3 is 2.67 bits per heavy atom. The number of anilines is 1. The first-order valence-corrected chi connectivity index (χ1v) is 10.2. The molecule has 0 fully saturated rings. The Morgan fingerprint density at radius 1 is 1.17 bits per heavy atom. The molecule has 0 spiro atoms. The zero-order valence-electron chi connectivity index (χ0n) is 17.4. The lowest BCUT2D eigenvalue weighted by molar-refractivity contribution is -0.116. The highest BCUT2D eigenvalue weighted by atomic mass is 16.5. The van der Waals surface area contributed by atoms with Crippen LogP contribution in [0.3, 0.4) is 0 Å². The molecule has 7 heteroatoms. The Bertz CT molecular complexity index is 909. The molecule has 0 aromatic heterocycles. The fourth-order valence-corrected chi connectivity index (χ4v) is 3.46. The van der Waals surface area contributed by atoms with Crippen LogP contribution in [0.25, 0.3) is 0 Å². The number of esters is 1. The van der Waals surface area contributed by atoms with Crippen molar-refractivity contribution in [1.29, 1.82) is 0 Å². The number of benzene rings is 2. The van der Waals surface area contributed by atoms with E-state index in [9.17, 15) is 9.59 Å². The van der Waals surface area contributed by atoms with Gasteiger partial charge in [-0.2, -0.15) is 0 Å². The molecule has 0 bridgehead atoms. The Labute approximate surface area is 176 Å². The molecule has 1 amide bonds. The van der Waals surface area contributed by atoms with E-state index in [0.717, 1.165) is 35.7 Å². The Morgan fingerprint density at radius 2 is 1.93 bits per heavy atom. The zero-order chi connectivity index (χ0) is 21.3. The van der Waals surface area contributed by atoms with Gasteiger partial charge in [-0.3, -0.25) is 9.79 Å². The average Bonchev–Trinajstić information content (AvgIpc) is 2.77. The quantitative estimate of drug-likeness (QED) is 0.372. The number of nitrogens with zero attached hydrogens (tertiary/aromatic N) is 1. The monoisotopic (exact) mass is 408 g/mol. The predicted octanol–water partition coefficient (Wildman–Crippen LogP) is 2.70. The molecule has 7 nitrogen and oxygen atoms in total. The average molecular weight is 409 g/mol. The zero-order valence-corrected chi connectivity index (χ0v) is 17.4. The van der Waals surface area contributed by atoms with Crippen molar-refractivity contribution >= 4 is 23.5 Å². The van der Waals surface area contributed by atoms with E-state index in [1.165, 1.54) is 7.11 Å². The third-order valence-electron chi connectivity index (χ3n) is 5.00. The summed E-state index contributed by atoms with van der Waals surface area (Å²) in [4.78, 5) is 28.2. The van der Waals surface area contributed by atoms with Crippen LogP contribution in [0.1, 0.15) is 40.7 Å². The number of amides is 1. The van der Waals surface area contributed by atoms with Crippen molar-refractivity contribution in [3.63, 3.8) is 0 Å². The second-order valence-electron chi connectivity index (χ2n) is 7.12. The summed E-state index contributed by atoms with van der Waals surface area (Å²) in [6.45, 7) is 4.01. The maximum atomic E-state index is 12.0. The molecule has 2 aromatic carbocycles. The van der Waals surface area contributed by atoms with Gasteiger partial charge >= 0.3 is 5.97 Å². The number of ether oxygens (including phenoxy) is 1. The molecule has 0 radical (unpaired) electrons. The van der Waals surface area contributed by atoms with Gasteiger partial charge in [0.25, 0.3) is 0 Å². The van der Waals surface area contributed by atoms with E-state index >= 15 is 0 Å². The molecule has 158 valence electrons. The summed E-state index contributed by atoms with van der Waals surface area (Å²) in [5, 5.41) is 9.51. The van der Waals surface area contributed by atoms with Crippen LogP contribution in [0.5, 0.6) is 0 Å². The van der Waals surface area contributed by atoms with Crippen LogP contribution in [-0.2, 0) is 16.0 Å². The molecule has 3 rings (SSSR count). The van der Waals surface area contributed by atoms with Crippen LogP contribution in [0.4, 0.5) is 5.69 Å². The second kappa shape index (κ2) is 10.4. The summed E-state index contributed by atoms with van der Waals surface area (Å²) in [6.07, 6.45) is 1.23. The van der Waals surface area contributed by atoms with E-state index in [1.807, 2.05) is 43.3 Å². The summed E-state index contributed by atoms with van der Waals surface area (Å²) in [7, 11) is 1.38. The standard InChI is InChI=1S/C23H28N4O3/c1-3-24-23(25-13-12-16-8-10-17(11-9-16)22(29)30-2)26-15-18-14-21(28)27-20-7-5-4-6-19(18)20/h4-11,18H,3,12-15H2,1-2H3,(H,27,28)(H2,24,25,26). The van der Waals surface area contributed by atoms with Crippen LogP contribution >= 0.6 is 0 Å². The first-order valence-electron chi connectivity index (χ1n) is 10.2. The van der Waals surface area contributed by atoms with Gasteiger partial charge in [-0.25, -0.2) is 4.79 Å². The Kier molecular flexibility index (Phi) is 7.43. The first kappa shape index (κ1) is 21.4. The van der Waals surface area contributed by atoms with E-state index in [1.54, 1.807) is 12.1 Å². The fraction of sp³-hybridized carbons (Fsp3) is 0.348. The van der Waals surface area contributed by atoms with E-state index < -0.39 is 0 Å². The number of guanidine groups is 1. The van der Waals surface area contributed by atoms with Crippen LogP contribution in [0.2, 0.25) is 0 Å². The summed E-state index contributed by atoms with van der Waals surface area (Å²) in [5.41, 5.74) is 3.66. The van der Waals surface area contributed by atoms with E-state index in [2.05, 4.69) is 16.0 Å². The van der Waals surface area contributed by atoms with Gasteiger partial charge < -0.3 is 20.7 Å². The van der Waals surface area contributed by atoms with Crippen molar-refractivity contribution in [2.45, 2.75) is 25.7 Å². The highest BCUT2D eigenvalue weighted by Gasteiger charge is 2.24. The summed E-state index contributed by atoms with van der Waals surface area (Å²) >= 11 is 0. The van der Waals surface area contributed by atoms with Gasteiger partial charge in [-0.05, 0) is 42.7 Å². The minimum Gasteiger partial charge on any atom is -0.465 e. The molecular formula is C23H28N4O3. The number of carbonyl (C=O) groups excluding carboxylic acids is 2. The van der Waals surface area contributed by atoms with E-state index in [-0.39, 0.29) is 17.8 Å². The van der Waals surface area contributed by atoms with Crippen molar-refractivity contribution in [3.05, 3.63) is 65.2 Å².